The molecule has 0 saturated carbocycles. The Bertz CT molecular complexity index is 508. The van der Waals surface area contributed by atoms with Crippen molar-refractivity contribution in [1.82, 2.24) is 25.8 Å². The SMILES string of the molecule is O=C(CCCC[C@@H]1SC[C@@H]2NC(=O)N[C@H]21)Nc1ncn[nH]1. The van der Waals surface area contributed by atoms with E-state index in [0.29, 0.717) is 17.6 Å². The minimum Gasteiger partial charge on any atom is -0.332 e. The molecule has 3 heterocycles. The number of H-pyrrole nitrogens is 1. The molecule has 0 unspecified atom stereocenters. The van der Waals surface area contributed by atoms with Gasteiger partial charge in [-0.15, -0.1) is 0 Å². The number of anilines is 1. The predicted octanol–water partition coefficient (Wildman–Crippen LogP) is 0.469. The number of rotatable bonds is 6. The van der Waals surface area contributed by atoms with Crippen molar-refractivity contribution in [2.75, 3.05) is 11.1 Å². The zero-order valence-electron chi connectivity index (χ0n) is 11.5. The van der Waals surface area contributed by atoms with Crippen molar-refractivity contribution in [3.8, 4) is 0 Å². The summed E-state index contributed by atoms with van der Waals surface area (Å²) in [5.74, 6) is 1.30. The molecule has 2 aliphatic heterocycles. The first-order valence-electron chi connectivity index (χ1n) is 7.06. The summed E-state index contributed by atoms with van der Waals surface area (Å²) in [5.41, 5.74) is 0. The summed E-state index contributed by atoms with van der Waals surface area (Å²) in [4.78, 5) is 26.8. The zero-order valence-corrected chi connectivity index (χ0v) is 12.3. The maximum absolute atomic E-state index is 11.7. The minimum atomic E-state index is -0.0560. The summed E-state index contributed by atoms with van der Waals surface area (Å²) < 4.78 is 0. The van der Waals surface area contributed by atoms with Crippen molar-refractivity contribution < 1.29 is 9.59 Å². The van der Waals surface area contributed by atoms with Gasteiger partial charge in [0.05, 0.1) is 12.1 Å². The summed E-state index contributed by atoms with van der Waals surface area (Å²) >= 11 is 1.90. The fourth-order valence-corrected chi connectivity index (χ4v) is 4.28. The van der Waals surface area contributed by atoms with Gasteiger partial charge in [0.25, 0.3) is 0 Å². The molecule has 114 valence electrons. The van der Waals surface area contributed by atoms with Gasteiger partial charge in [-0.3, -0.25) is 10.1 Å². The summed E-state index contributed by atoms with van der Waals surface area (Å²) in [6.07, 6.45) is 4.64. The van der Waals surface area contributed by atoms with Crippen LogP contribution in [0.1, 0.15) is 25.7 Å². The molecule has 3 amide bonds. The average molecular weight is 310 g/mol. The van der Waals surface area contributed by atoms with Gasteiger partial charge in [-0.1, -0.05) is 6.42 Å². The molecular weight excluding hydrogens is 292 g/mol. The second kappa shape index (κ2) is 6.33. The smallest absolute Gasteiger partial charge is 0.315 e. The lowest BCUT2D eigenvalue weighted by Crippen LogP contribution is -2.36. The number of hydrogen-bond donors (Lipinski definition) is 4. The number of hydrogen-bond acceptors (Lipinski definition) is 5. The van der Waals surface area contributed by atoms with Crippen LogP contribution in [0.5, 0.6) is 0 Å². The molecule has 0 aliphatic carbocycles. The molecule has 4 N–H and O–H groups in total. The molecular formula is C12H18N6O2S. The molecule has 1 aromatic rings. The van der Waals surface area contributed by atoms with Gasteiger partial charge >= 0.3 is 6.03 Å². The van der Waals surface area contributed by atoms with Crippen LogP contribution in [0.25, 0.3) is 0 Å². The monoisotopic (exact) mass is 310 g/mol. The third kappa shape index (κ3) is 3.46. The number of aromatic nitrogens is 3. The van der Waals surface area contributed by atoms with Crippen LogP contribution in [0.15, 0.2) is 6.33 Å². The molecule has 2 saturated heterocycles. The largest absolute Gasteiger partial charge is 0.332 e. The molecule has 3 atom stereocenters. The predicted molar refractivity (Wildman–Crippen MR) is 79.0 cm³/mol. The highest BCUT2D eigenvalue weighted by molar-refractivity contribution is 8.00. The van der Waals surface area contributed by atoms with E-state index in [9.17, 15) is 9.59 Å². The van der Waals surface area contributed by atoms with Crippen LogP contribution in [0.4, 0.5) is 10.7 Å². The Morgan fingerprint density at radius 3 is 3.14 bits per heavy atom. The van der Waals surface area contributed by atoms with E-state index in [4.69, 9.17) is 0 Å². The Morgan fingerprint density at radius 1 is 1.43 bits per heavy atom. The van der Waals surface area contributed by atoms with Crippen molar-refractivity contribution >= 4 is 29.6 Å². The van der Waals surface area contributed by atoms with Crippen molar-refractivity contribution in [1.29, 1.82) is 0 Å². The second-order valence-electron chi connectivity index (χ2n) is 5.25. The molecule has 0 spiro atoms. The number of aromatic amines is 1. The van der Waals surface area contributed by atoms with Crippen LogP contribution >= 0.6 is 11.8 Å². The van der Waals surface area contributed by atoms with Crippen molar-refractivity contribution in [3.05, 3.63) is 6.33 Å². The lowest BCUT2D eigenvalue weighted by atomic mass is 10.0. The van der Waals surface area contributed by atoms with E-state index in [1.807, 2.05) is 11.8 Å². The van der Waals surface area contributed by atoms with Gasteiger partial charge in [0.1, 0.15) is 6.33 Å². The van der Waals surface area contributed by atoms with E-state index in [-0.39, 0.29) is 24.0 Å². The molecule has 8 nitrogen and oxygen atoms in total. The van der Waals surface area contributed by atoms with E-state index in [2.05, 4.69) is 31.1 Å². The first-order valence-corrected chi connectivity index (χ1v) is 8.11. The molecule has 2 aliphatic rings. The summed E-state index contributed by atoms with van der Waals surface area (Å²) in [7, 11) is 0. The highest BCUT2D eigenvalue weighted by atomic mass is 32.2. The molecule has 2 fully saturated rings. The lowest BCUT2D eigenvalue weighted by molar-refractivity contribution is -0.116. The molecule has 0 radical (unpaired) electrons. The van der Waals surface area contributed by atoms with Gasteiger partial charge in [0.15, 0.2) is 0 Å². The average Bonchev–Trinajstić information content (AvgIpc) is 3.13. The van der Waals surface area contributed by atoms with Crippen LogP contribution < -0.4 is 16.0 Å². The third-order valence-corrected chi connectivity index (χ3v) is 5.26. The summed E-state index contributed by atoms with van der Waals surface area (Å²) in [6, 6.07) is 0.453. The first-order chi connectivity index (χ1) is 10.2. The maximum Gasteiger partial charge on any atom is 0.315 e. The maximum atomic E-state index is 11.7. The normalized spacial score (nSPS) is 27.0. The Hall–Kier alpha value is -1.77. The zero-order chi connectivity index (χ0) is 14.7. The summed E-state index contributed by atoms with van der Waals surface area (Å²) in [5, 5.41) is 15.3. The number of unbranched alkanes of at least 4 members (excludes halogenated alkanes) is 1. The molecule has 1 aromatic heterocycles. The standard InChI is InChI=1S/C12H18N6O2S/c19-9(16-11-13-6-14-18-11)4-2-1-3-8-10-7(5-21-8)15-12(20)17-10/h6-8,10H,1-5H2,(H2,15,17,20)(H2,13,14,16,18,19)/t7-,8-,10+/m0/s1. The Morgan fingerprint density at radius 2 is 2.33 bits per heavy atom. The number of amides is 3. The highest BCUT2D eigenvalue weighted by Crippen LogP contribution is 2.33. The van der Waals surface area contributed by atoms with Gasteiger partial charge in [-0.2, -0.15) is 21.8 Å². The number of carbonyl (C=O) groups excluding carboxylic acids is 2. The molecule has 21 heavy (non-hydrogen) atoms. The van der Waals surface area contributed by atoms with Gasteiger partial charge in [-0.25, -0.2) is 9.89 Å². The van der Waals surface area contributed by atoms with E-state index in [1.165, 1.54) is 6.33 Å². The van der Waals surface area contributed by atoms with Crippen LogP contribution in [0.3, 0.4) is 0 Å². The van der Waals surface area contributed by atoms with Crippen molar-refractivity contribution in [2.45, 2.75) is 43.0 Å². The number of carbonyl (C=O) groups is 2. The van der Waals surface area contributed by atoms with Gasteiger partial charge in [0, 0.05) is 17.4 Å². The Labute approximate surface area is 126 Å². The second-order valence-corrected chi connectivity index (χ2v) is 6.52. The third-order valence-electron chi connectivity index (χ3n) is 3.75. The van der Waals surface area contributed by atoms with Crippen LogP contribution in [-0.4, -0.2) is 50.2 Å². The lowest BCUT2D eigenvalue weighted by Gasteiger charge is -2.16. The van der Waals surface area contributed by atoms with Crippen molar-refractivity contribution in [2.24, 2.45) is 0 Å². The highest BCUT2D eigenvalue weighted by Gasteiger charge is 2.42. The number of nitrogens with zero attached hydrogens (tertiary/aromatic N) is 2. The quantitative estimate of drug-likeness (QED) is 0.451. The first kappa shape index (κ1) is 14.2. The molecule has 9 heteroatoms. The van der Waals surface area contributed by atoms with Gasteiger partial charge < -0.3 is 10.6 Å². The van der Waals surface area contributed by atoms with Crippen LogP contribution in [0.2, 0.25) is 0 Å². The molecule has 0 aromatic carbocycles. The van der Waals surface area contributed by atoms with Gasteiger partial charge in [0.2, 0.25) is 11.9 Å². The summed E-state index contributed by atoms with van der Waals surface area (Å²) in [6.45, 7) is 0. The number of urea groups is 1. The minimum absolute atomic E-state index is 0.0539. The number of fused-ring (bicyclic) bond motifs is 1. The van der Waals surface area contributed by atoms with E-state index in [1.54, 1.807) is 0 Å². The van der Waals surface area contributed by atoms with Gasteiger partial charge in [-0.05, 0) is 12.8 Å². The number of nitrogens with one attached hydrogen (secondary N) is 4. The van der Waals surface area contributed by atoms with E-state index < -0.39 is 0 Å². The fraction of sp³-hybridized carbons (Fsp3) is 0.667. The topological polar surface area (TPSA) is 112 Å². The fourth-order valence-electron chi connectivity index (χ4n) is 2.73. The molecule has 0 bridgehead atoms. The van der Waals surface area contributed by atoms with Crippen LogP contribution in [0, 0.1) is 0 Å². The van der Waals surface area contributed by atoms with Crippen LogP contribution in [-0.2, 0) is 4.79 Å². The Kier molecular flexibility index (Phi) is 4.28. The Balaban J connectivity index is 1.33. The molecule has 3 rings (SSSR count). The van der Waals surface area contributed by atoms with Crippen molar-refractivity contribution in [3.63, 3.8) is 0 Å². The van der Waals surface area contributed by atoms with E-state index in [0.717, 1.165) is 25.0 Å². The number of thioether (sulfide) groups is 1. The van der Waals surface area contributed by atoms with E-state index >= 15 is 0 Å².